The number of anilines is 1. The summed E-state index contributed by atoms with van der Waals surface area (Å²) in [6.07, 6.45) is 0. The van der Waals surface area contributed by atoms with Crippen molar-refractivity contribution >= 4 is 5.82 Å². The van der Waals surface area contributed by atoms with Crippen LogP contribution in [-0.2, 0) is 6.61 Å². The van der Waals surface area contributed by atoms with Gasteiger partial charge >= 0.3 is 0 Å². The number of nitrogens with one attached hydrogen (secondary N) is 1. The van der Waals surface area contributed by atoms with Gasteiger partial charge in [0.1, 0.15) is 29.1 Å². The van der Waals surface area contributed by atoms with Crippen LogP contribution in [0.15, 0.2) is 53.3 Å². The number of H-pyrrole nitrogens is 1. The van der Waals surface area contributed by atoms with Crippen LogP contribution >= 0.6 is 0 Å². The van der Waals surface area contributed by atoms with Gasteiger partial charge < -0.3 is 15.8 Å². The Hall–Kier alpha value is -3.87. The lowest BCUT2D eigenvalue weighted by Crippen LogP contribution is -2.16. The van der Waals surface area contributed by atoms with Gasteiger partial charge in [0.15, 0.2) is 0 Å². The molecule has 0 atom stereocenters. The number of nitrogens with two attached hydrogens (primary N) is 1. The molecule has 26 heavy (non-hydrogen) atoms. The van der Waals surface area contributed by atoms with E-state index in [-0.39, 0.29) is 29.1 Å². The van der Waals surface area contributed by atoms with Gasteiger partial charge in [-0.25, -0.2) is 0 Å². The van der Waals surface area contributed by atoms with Crippen LogP contribution in [0.5, 0.6) is 0 Å². The van der Waals surface area contributed by atoms with Crippen LogP contribution < -0.4 is 11.3 Å². The third-order valence-electron chi connectivity index (χ3n) is 4.08. The SMILES string of the molecule is N#Cc1c(N)[nH]c(=O)c(C#N)c1-c1ccc(-c2cccc(CO)c2)cc1. The van der Waals surface area contributed by atoms with Crippen molar-refractivity contribution in [2.75, 3.05) is 5.73 Å². The van der Waals surface area contributed by atoms with E-state index < -0.39 is 5.56 Å². The average Bonchev–Trinajstić information content (AvgIpc) is 2.67. The van der Waals surface area contributed by atoms with Gasteiger partial charge in [0.25, 0.3) is 5.56 Å². The van der Waals surface area contributed by atoms with Crippen LogP contribution in [0, 0.1) is 22.7 Å². The van der Waals surface area contributed by atoms with Crippen LogP contribution in [0.4, 0.5) is 5.82 Å². The van der Waals surface area contributed by atoms with E-state index in [0.717, 1.165) is 16.7 Å². The van der Waals surface area contributed by atoms with Gasteiger partial charge in [-0.05, 0) is 28.3 Å². The van der Waals surface area contributed by atoms with Gasteiger partial charge in [0.2, 0.25) is 0 Å². The summed E-state index contributed by atoms with van der Waals surface area (Å²) in [5.74, 6) is -0.0637. The summed E-state index contributed by atoms with van der Waals surface area (Å²) in [6.45, 7) is -0.0466. The normalized spacial score (nSPS) is 10.1. The van der Waals surface area contributed by atoms with E-state index in [1.165, 1.54) is 0 Å². The number of rotatable bonds is 3. The molecule has 4 N–H and O–H groups in total. The molecule has 0 unspecified atom stereocenters. The van der Waals surface area contributed by atoms with Gasteiger partial charge in [-0.2, -0.15) is 10.5 Å². The minimum absolute atomic E-state index is 0.0466. The second kappa shape index (κ2) is 6.94. The summed E-state index contributed by atoms with van der Waals surface area (Å²) in [4.78, 5) is 14.3. The number of nitrogen functional groups attached to an aromatic ring is 1. The number of nitriles is 2. The zero-order chi connectivity index (χ0) is 18.7. The Morgan fingerprint density at radius 3 is 2.23 bits per heavy atom. The average molecular weight is 342 g/mol. The Morgan fingerprint density at radius 1 is 0.962 bits per heavy atom. The molecule has 0 bridgehead atoms. The van der Waals surface area contributed by atoms with Crippen molar-refractivity contribution in [3.8, 4) is 34.4 Å². The molecule has 3 aromatic rings. The molecule has 0 aliphatic carbocycles. The third kappa shape index (κ3) is 2.93. The molecule has 1 heterocycles. The molecule has 0 fully saturated rings. The summed E-state index contributed by atoms with van der Waals surface area (Å²) in [7, 11) is 0. The van der Waals surface area contributed by atoms with Crippen LogP contribution in [0.25, 0.3) is 22.3 Å². The van der Waals surface area contributed by atoms with Gasteiger partial charge in [-0.15, -0.1) is 0 Å². The largest absolute Gasteiger partial charge is 0.392 e. The smallest absolute Gasteiger partial charge is 0.268 e. The minimum atomic E-state index is -0.626. The number of benzene rings is 2. The Balaban J connectivity index is 2.14. The topological polar surface area (TPSA) is 127 Å². The van der Waals surface area contributed by atoms with Crippen LogP contribution in [0.1, 0.15) is 16.7 Å². The second-order valence-corrected chi connectivity index (χ2v) is 5.65. The van der Waals surface area contributed by atoms with E-state index in [9.17, 15) is 20.4 Å². The molecule has 1 aromatic heterocycles. The van der Waals surface area contributed by atoms with Crippen LogP contribution in [0.2, 0.25) is 0 Å². The zero-order valence-corrected chi connectivity index (χ0v) is 13.7. The summed E-state index contributed by atoms with van der Waals surface area (Å²) in [5.41, 5.74) is 8.44. The fourth-order valence-corrected chi connectivity index (χ4v) is 2.81. The molecule has 0 aliphatic heterocycles. The number of nitrogens with zero attached hydrogens (tertiary/aromatic N) is 2. The molecule has 0 aliphatic rings. The maximum Gasteiger partial charge on any atom is 0.268 e. The van der Waals surface area contributed by atoms with Crippen LogP contribution in [0.3, 0.4) is 0 Å². The monoisotopic (exact) mass is 342 g/mol. The predicted molar refractivity (Wildman–Crippen MR) is 97.7 cm³/mol. The molecule has 3 rings (SSSR count). The number of aliphatic hydroxyl groups excluding tert-OH is 1. The molecule has 6 heteroatoms. The highest BCUT2D eigenvalue weighted by Gasteiger charge is 2.18. The molecule has 126 valence electrons. The van der Waals surface area contributed by atoms with E-state index in [1.807, 2.05) is 48.5 Å². The number of hydrogen-bond acceptors (Lipinski definition) is 5. The summed E-state index contributed by atoms with van der Waals surface area (Å²) in [5, 5.41) is 28.0. The van der Waals surface area contributed by atoms with Gasteiger partial charge in [0, 0.05) is 5.56 Å². The maximum absolute atomic E-state index is 12.0. The molecule has 2 aromatic carbocycles. The van der Waals surface area contributed by atoms with Gasteiger partial charge in [-0.1, -0.05) is 42.5 Å². The van der Waals surface area contributed by atoms with Gasteiger partial charge in [0.05, 0.1) is 6.61 Å². The molecular weight excluding hydrogens is 328 g/mol. The van der Waals surface area contributed by atoms with Crippen molar-refractivity contribution in [2.45, 2.75) is 6.61 Å². The number of aromatic nitrogens is 1. The quantitative estimate of drug-likeness (QED) is 0.674. The molecule has 0 saturated heterocycles. The Kier molecular flexibility index (Phi) is 4.53. The highest BCUT2D eigenvalue weighted by molar-refractivity contribution is 5.81. The first-order valence-corrected chi connectivity index (χ1v) is 7.75. The van der Waals surface area contributed by atoms with E-state index in [0.29, 0.717) is 5.56 Å². The van der Waals surface area contributed by atoms with E-state index >= 15 is 0 Å². The van der Waals surface area contributed by atoms with E-state index in [4.69, 9.17) is 5.73 Å². The van der Waals surface area contributed by atoms with Gasteiger partial charge in [-0.3, -0.25) is 4.79 Å². The van der Waals surface area contributed by atoms with Crippen molar-refractivity contribution in [2.24, 2.45) is 0 Å². The summed E-state index contributed by atoms with van der Waals surface area (Å²) < 4.78 is 0. The van der Waals surface area contributed by atoms with Crippen LogP contribution in [-0.4, -0.2) is 10.1 Å². The lowest BCUT2D eigenvalue weighted by molar-refractivity contribution is 0.282. The Morgan fingerprint density at radius 2 is 1.62 bits per heavy atom. The lowest BCUT2D eigenvalue weighted by atomic mass is 9.94. The summed E-state index contributed by atoms with van der Waals surface area (Å²) in [6, 6.07) is 18.4. The maximum atomic E-state index is 12.0. The third-order valence-corrected chi connectivity index (χ3v) is 4.08. The first-order valence-electron chi connectivity index (χ1n) is 7.75. The standard InChI is InChI=1S/C20H14N4O2/c21-9-16-18(17(10-22)20(26)24-19(16)23)14-6-4-13(5-7-14)15-3-1-2-12(8-15)11-25/h1-8,25H,11H2,(H3,23,24,26). The minimum Gasteiger partial charge on any atom is -0.392 e. The number of pyridine rings is 1. The molecule has 0 amide bonds. The number of aliphatic hydroxyl groups is 1. The highest BCUT2D eigenvalue weighted by Crippen LogP contribution is 2.30. The summed E-state index contributed by atoms with van der Waals surface area (Å²) >= 11 is 0. The zero-order valence-electron chi connectivity index (χ0n) is 13.7. The number of hydrogen-bond donors (Lipinski definition) is 3. The molecule has 6 nitrogen and oxygen atoms in total. The highest BCUT2D eigenvalue weighted by atomic mass is 16.3. The van der Waals surface area contributed by atoms with Crippen molar-refractivity contribution in [1.82, 2.24) is 4.98 Å². The first kappa shape index (κ1) is 17.0. The fourth-order valence-electron chi connectivity index (χ4n) is 2.81. The van der Waals surface area contributed by atoms with Crippen molar-refractivity contribution in [1.29, 1.82) is 10.5 Å². The van der Waals surface area contributed by atoms with E-state index in [1.54, 1.807) is 12.1 Å². The van der Waals surface area contributed by atoms with E-state index in [2.05, 4.69) is 4.98 Å². The first-order chi connectivity index (χ1) is 12.6. The fraction of sp³-hybridized carbons (Fsp3) is 0.0500. The second-order valence-electron chi connectivity index (χ2n) is 5.65. The lowest BCUT2D eigenvalue weighted by Gasteiger charge is -2.10. The molecule has 0 radical (unpaired) electrons. The van der Waals surface area contributed by atoms with Crippen molar-refractivity contribution in [3.63, 3.8) is 0 Å². The molecule has 0 spiro atoms. The van der Waals surface area contributed by atoms with Crippen molar-refractivity contribution in [3.05, 3.63) is 75.6 Å². The Labute approximate surface area is 149 Å². The molecular formula is C20H14N4O2. The molecule has 0 saturated carbocycles. The van der Waals surface area contributed by atoms with Crippen molar-refractivity contribution < 1.29 is 5.11 Å². The predicted octanol–water partition coefficient (Wildman–Crippen LogP) is 2.53. The Bertz CT molecular complexity index is 1120. The number of aromatic amines is 1.